The summed E-state index contributed by atoms with van der Waals surface area (Å²) in [5.41, 5.74) is -1.13. The Bertz CT molecular complexity index is 577. The van der Waals surface area contributed by atoms with Crippen LogP contribution in [0.1, 0.15) is 32.1 Å². The third kappa shape index (κ3) is 6.79. The average molecular weight is 376 g/mol. The Balaban J connectivity index is 1.45. The van der Waals surface area contributed by atoms with E-state index in [0.717, 1.165) is 6.54 Å². The lowest BCUT2D eigenvalue weighted by Gasteiger charge is -2.30. The first-order valence-corrected chi connectivity index (χ1v) is 10.1. The van der Waals surface area contributed by atoms with Crippen LogP contribution in [0.2, 0.25) is 0 Å². The van der Waals surface area contributed by atoms with E-state index >= 15 is 0 Å². The van der Waals surface area contributed by atoms with Gasteiger partial charge in [0.15, 0.2) is 0 Å². The topological polar surface area (TPSA) is 71.0 Å². The summed E-state index contributed by atoms with van der Waals surface area (Å²) in [6, 6.07) is 9.43. The van der Waals surface area contributed by atoms with E-state index < -0.39 is 5.60 Å². The number of carbonyl (C=O) groups excluding carboxylic acids is 1. The van der Waals surface area contributed by atoms with Crippen LogP contribution in [0, 0.1) is 5.92 Å². The van der Waals surface area contributed by atoms with Crippen LogP contribution in [0.3, 0.4) is 0 Å². The van der Waals surface area contributed by atoms with E-state index in [9.17, 15) is 9.90 Å². The first-order chi connectivity index (χ1) is 13.1. The summed E-state index contributed by atoms with van der Waals surface area (Å²) < 4.78 is 11.3. The first-order valence-electron chi connectivity index (χ1n) is 10.1. The van der Waals surface area contributed by atoms with E-state index in [4.69, 9.17) is 9.47 Å². The first kappa shape index (κ1) is 20.1. The van der Waals surface area contributed by atoms with Gasteiger partial charge < -0.3 is 19.9 Å². The second-order valence-electron chi connectivity index (χ2n) is 7.90. The van der Waals surface area contributed by atoms with Crippen LogP contribution in [0.15, 0.2) is 30.3 Å². The number of nitrogens with zero attached hydrogens (tertiary/aromatic N) is 1. The lowest BCUT2D eigenvalue weighted by Crippen LogP contribution is -2.51. The SMILES string of the molecule is O=C(CN1CCOC[C@@](O)(COc2ccccc2)C1)NCC1CCCCC1. The Labute approximate surface area is 161 Å². The van der Waals surface area contributed by atoms with E-state index in [1.807, 2.05) is 35.2 Å². The van der Waals surface area contributed by atoms with Crippen molar-refractivity contribution in [3.05, 3.63) is 30.3 Å². The fraction of sp³-hybridized carbons (Fsp3) is 0.667. The van der Waals surface area contributed by atoms with Crippen molar-refractivity contribution in [3.8, 4) is 5.75 Å². The van der Waals surface area contributed by atoms with Gasteiger partial charge in [0.1, 0.15) is 18.0 Å². The van der Waals surface area contributed by atoms with Crippen LogP contribution >= 0.6 is 0 Å². The highest BCUT2D eigenvalue weighted by atomic mass is 16.5. The van der Waals surface area contributed by atoms with Crippen molar-refractivity contribution in [2.45, 2.75) is 37.7 Å². The molecule has 2 fully saturated rings. The van der Waals surface area contributed by atoms with Gasteiger partial charge in [0.2, 0.25) is 5.91 Å². The molecule has 1 aromatic carbocycles. The van der Waals surface area contributed by atoms with Gasteiger partial charge in [-0.3, -0.25) is 9.69 Å². The van der Waals surface area contributed by atoms with Crippen LogP contribution in [-0.4, -0.2) is 67.5 Å². The Morgan fingerprint density at radius 1 is 1.26 bits per heavy atom. The molecule has 3 rings (SSSR count). The number of β-amino-alcohol motifs (C(OH)–C–C–N with tert-alkyl or cyclic N) is 1. The van der Waals surface area contributed by atoms with Crippen LogP contribution in [-0.2, 0) is 9.53 Å². The summed E-state index contributed by atoms with van der Waals surface area (Å²) in [6.45, 7) is 2.89. The monoisotopic (exact) mass is 376 g/mol. The molecule has 1 heterocycles. The van der Waals surface area contributed by atoms with Crippen molar-refractivity contribution in [2.24, 2.45) is 5.92 Å². The third-order valence-electron chi connectivity index (χ3n) is 5.37. The Morgan fingerprint density at radius 2 is 2.04 bits per heavy atom. The maximum atomic E-state index is 12.4. The van der Waals surface area contributed by atoms with Gasteiger partial charge in [0.05, 0.1) is 19.8 Å². The maximum Gasteiger partial charge on any atom is 0.234 e. The summed E-state index contributed by atoms with van der Waals surface area (Å²) in [4.78, 5) is 14.3. The highest BCUT2D eigenvalue weighted by Crippen LogP contribution is 2.22. The Morgan fingerprint density at radius 3 is 2.81 bits per heavy atom. The van der Waals surface area contributed by atoms with Crippen molar-refractivity contribution in [3.63, 3.8) is 0 Å². The molecule has 0 bridgehead atoms. The number of amides is 1. The largest absolute Gasteiger partial charge is 0.490 e. The summed E-state index contributed by atoms with van der Waals surface area (Å²) >= 11 is 0. The Hall–Kier alpha value is -1.63. The molecule has 1 saturated heterocycles. The molecule has 0 radical (unpaired) electrons. The van der Waals surface area contributed by atoms with Crippen molar-refractivity contribution < 1.29 is 19.4 Å². The predicted molar refractivity (Wildman–Crippen MR) is 104 cm³/mol. The van der Waals surface area contributed by atoms with E-state index in [1.165, 1.54) is 32.1 Å². The van der Waals surface area contributed by atoms with Gasteiger partial charge in [-0.05, 0) is 30.9 Å². The number of para-hydroxylation sites is 1. The minimum atomic E-state index is -1.13. The van der Waals surface area contributed by atoms with E-state index in [2.05, 4.69) is 5.32 Å². The molecule has 6 heteroatoms. The van der Waals surface area contributed by atoms with Crippen molar-refractivity contribution in [1.29, 1.82) is 0 Å². The molecule has 1 atom stereocenters. The number of hydrogen-bond donors (Lipinski definition) is 2. The number of carbonyl (C=O) groups is 1. The van der Waals surface area contributed by atoms with Crippen LogP contribution in [0.25, 0.3) is 0 Å². The normalized spacial score (nSPS) is 24.9. The molecule has 27 heavy (non-hydrogen) atoms. The smallest absolute Gasteiger partial charge is 0.234 e. The van der Waals surface area contributed by atoms with Crippen LogP contribution < -0.4 is 10.1 Å². The Kier molecular flexibility index (Phi) is 7.50. The molecule has 1 aliphatic carbocycles. The quantitative estimate of drug-likeness (QED) is 0.760. The summed E-state index contributed by atoms with van der Waals surface area (Å²) in [5.74, 6) is 1.35. The number of hydrogen-bond acceptors (Lipinski definition) is 5. The molecule has 2 N–H and O–H groups in total. The second kappa shape index (κ2) is 10.1. The molecule has 0 spiro atoms. The van der Waals surface area contributed by atoms with Crippen molar-refractivity contribution >= 4 is 5.91 Å². The third-order valence-corrected chi connectivity index (χ3v) is 5.37. The van der Waals surface area contributed by atoms with Gasteiger partial charge in [-0.1, -0.05) is 37.5 Å². The lowest BCUT2D eigenvalue weighted by molar-refractivity contribution is -0.123. The zero-order chi connectivity index (χ0) is 19.0. The van der Waals surface area contributed by atoms with E-state index in [1.54, 1.807) is 0 Å². The molecular weight excluding hydrogens is 344 g/mol. The number of benzene rings is 1. The van der Waals surface area contributed by atoms with Gasteiger partial charge in [-0.15, -0.1) is 0 Å². The van der Waals surface area contributed by atoms with Crippen molar-refractivity contribution in [1.82, 2.24) is 10.2 Å². The fourth-order valence-corrected chi connectivity index (χ4v) is 3.86. The highest BCUT2D eigenvalue weighted by molar-refractivity contribution is 5.78. The van der Waals surface area contributed by atoms with Gasteiger partial charge in [0.25, 0.3) is 0 Å². The molecule has 1 saturated carbocycles. The minimum absolute atomic E-state index is 0.0220. The number of aliphatic hydroxyl groups is 1. The number of nitrogens with one attached hydrogen (secondary N) is 1. The van der Waals surface area contributed by atoms with E-state index in [0.29, 0.717) is 31.4 Å². The van der Waals surface area contributed by atoms with Gasteiger partial charge in [-0.25, -0.2) is 0 Å². The van der Waals surface area contributed by atoms with Gasteiger partial charge in [0, 0.05) is 19.6 Å². The number of ether oxygens (including phenoxy) is 2. The molecule has 2 aliphatic rings. The summed E-state index contributed by atoms with van der Waals surface area (Å²) in [7, 11) is 0. The number of rotatable bonds is 7. The van der Waals surface area contributed by atoms with Crippen LogP contribution in [0.4, 0.5) is 0 Å². The average Bonchev–Trinajstić information content (AvgIpc) is 2.88. The fourth-order valence-electron chi connectivity index (χ4n) is 3.86. The van der Waals surface area contributed by atoms with Gasteiger partial charge >= 0.3 is 0 Å². The molecular formula is C21H32N2O4. The maximum absolute atomic E-state index is 12.4. The molecule has 150 valence electrons. The summed E-state index contributed by atoms with van der Waals surface area (Å²) in [6.07, 6.45) is 6.31. The molecule has 0 unspecified atom stereocenters. The molecule has 1 amide bonds. The summed E-state index contributed by atoms with van der Waals surface area (Å²) in [5, 5.41) is 14.0. The second-order valence-corrected chi connectivity index (χ2v) is 7.90. The zero-order valence-corrected chi connectivity index (χ0v) is 16.1. The molecule has 0 aromatic heterocycles. The highest BCUT2D eigenvalue weighted by Gasteiger charge is 2.34. The standard InChI is InChI=1S/C21H32N2O4/c24-20(22-13-18-7-3-1-4-8-18)14-23-11-12-26-16-21(25,15-23)17-27-19-9-5-2-6-10-19/h2,5-6,9-10,18,25H,1,3-4,7-8,11-17H2,(H,22,24)/t21-/m1/s1. The molecule has 1 aromatic rings. The molecule has 1 aliphatic heterocycles. The van der Waals surface area contributed by atoms with Crippen molar-refractivity contribution in [2.75, 3.05) is 46.0 Å². The lowest BCUT2D eigenvalue weighted by atomic mass is 9.89. The van der Waals surface area contributed by atoms with E-state index in [-0.39, 0.29) is 25.7 Å². The zero-order valence-electron chi connectivity index (χ0n) is 16.1. The predicted octanol–water partition coefficient (Wildman–Crippen LogP) is 1.83. The minimum Gasteiger partial charge on any atom is -0.490 e. The van der Waals surface area contributed by atoms with Crippen LogP contribution in [0.5, 0.6) is 5.75 Å². The van der Waals surface area contributed by atoms with Gasteiger partial charge in [-0.2, -0.15) is 0 Å². The molecule has 6 nitrogen and oxygen atoms in total.